The van der Waals surface area contributed by atoms with Gasteiger partial charge in [0.05, 0.1) is 23.4 Å². The highest BCUT2D eigenvalue weighted by Crippen LogP contribution is 2.31. The standard InChI is InChI=1S/C24H28FN3O2S2/c1-2-18-4-3-5-21-23(18)26-24(32-21)28(12-11-27-13-15-30-16-14-27)22(29)10-17-31-20-8-6-19(25)7-9-20/h3-9H,2,10-17H2,1H3. The minimum Gasteiger partial charge on any atom is -0.379 e. The fourth-order valence-electron chi connectivity index (χ4n) is 3.71. The highest BCUT2D eigenvalue weighted by Gasteiger charge is 2.22. The van der Waals surface area contributed by atoms with E-state index >= 15 is 0 Å². The number of carbonyl (C=O) groups is 1. The largest absolute Gasteiger partial charge is 0.379 e. The molecule has 0 spiro atoms. The fourth-order valence-corrected chi connectivity index (χ4v) is 5.61. The molecule has 0 atom stereocenters. The number of morpholine rings is 1. The molecule has 0 saturated carbocycles. The van der Waals surface area contributed by atoms with Crippen molar-refractivity contribution in [3.05, 3.63) is 53.8 Å². The monoisotopic (exact) mass is 473 g/mol. The van der Waals surface area contributed by atoms with Crippen LogP contribution in [0.2, 0.25) is 0 Å². The molecule has 170 valence electrons. The Kier molecular flexibility index (Phi) is 8.13. The van der Waals surface area contributed by atoms with Gasteiger partial charge in [-0.05, 0) is 42.3 Å². The fraction of sp³-hybridized carbons (Fsp3) is 0.417. The SMILES string of the molecule is CCc1cccc2sc(N(CCN3CCOCC3)C(=O)CCSc3ccc(F)cc3)nc12. The van der Waals surface area contributed by atoms with Crippen LogP contribution in [0.1, 0.15) is 18.9 Å². The minimum absolute atomic E-state index is 0.0741. The van der Waals surface area contributed by atoms with Gasteiger partial charge in [-0.15, -0.1) is 11.8 Å². The second-order valence-electron chi connectivity index (χ2n) is 7.67. The highest BCUT2D eigenvalue weighted by molar-refractivity contribution is 7.99. The summed E-state index contributed by atoms with van der Waals surface area (Å²) in [6.07, 6.45) is 1.32. The van der Waals surface area contributed by atoms with E-state index in [0.717, 1.165) is 59.5 Å². The van der Waals surface area contributed by atoms with Gasteiger partial charge in [-0.25, -0.2) is 9.37 Å². The molecule has 1 saturated heterocycles. The number of para-hydroxylation sites is 1. The van der Waals surface area contributed by atoms with E-state index in [-0.39, 0.29) is 11.7 Å². The average Bonchev–Trinajstić information content (AvgIpc) is 3.25. The summed E-state index contributed by atoms with van der Waals surface area (Å²) in [5.41, 5.74) is 2.21. The molecule has 4 rings (SSSR count). The lowest BCUT2D eigenvalue weighted by Gasteiger charge is -2.29. The third-order valence-electron chi connectivity index (χ3n) is 5.55. The summed E-state index contributed by atoms with van der Waals surface area (Å²) in [6, 6.07) is 12.6. The Balaban J connectivity index is 1.47. The van der Waals surface area contributed by atoms with Crippen molar-refractivity contribution in [2.75, 3.05) is 50.0 Å². The lowest BCUT2D eigenvalue weighted by atomic mass is 10.1. The second-order valence-corrected chi connectivity index (χ2v) is 9.84. The Morgan fingerprint density at radius 3 is 2.75 bits per heavy atom. The van der Waals surface area contributed by atoms with E-state index < -0.39 is 0 Å². The van der Waals surface area contributed by atoms with Gasteiger partial charge in [-0.2, -0.15) is 0 Å². The van der Waals surface area contributed by atoms with Crippen LogP contribution in [0, 0.1) is 5.82 Å². The van der Waals surface area contributed by atoms with Crippen molar-refractivity contribution in [1.29, 1.82) is 0 Å². The van der Waals surface area contributed by atoms with Crippen molar-refractivity contribution in [3.8, 4) is 0 Å². The molecular formula is C24H28FN3O2S2. The maximum absolute atomic E-state index is 13.3. The van der Waals surface area contributed by atoms with Crippen molar-refractivity contribution in [2.45, 2.75) is 24.7 Å². The van der Waals surface area contributed by atoms with Crippen LogP contribution in [0.15, 0.2) is 47.4 Å². The Morgan fingerprint density at radius 2 is 2.00 bits per heavy atom. The van der Waals surface area contributed by atoms with Crippen LogP contribution < -0.4 is 4.90 Å². The van der Waals surface area contributed by atoms with Gasteiger partial charge in [0, 0.05) is 43.2 Å². The normalized spacial score (nSPS) is 14.7. The quantitative estimate of drug-likeness (QED) is 0.416. The second kappa shape index (κ2) is 11.2. The predicted molar refractivity (Wildman–Crippen MR) is 130 cm³/mol. The molecule has 0 bridgehead atoms. The number of amides is 1. The van der Waals surface area contributed by atoms with Gasteiger partial charge in [0.15, 0.2) is 5.13 Å². The molecule has 1 aliphatic heterocycles. The zero-order valence-electron chi connectivity index (χ0n) is 18.3. The van der Waals surface area contributed by atoms with Gasteiger partial charge >= 0.3 is 0 Å². The van der Waals surface area contributed by atoms with E-state index in [4.69, 9.17) is 9.72 Å². The van der Waals surface area contributed by atoms with E-state index in [1.165, 1.54) is 17.7 Å². The van der Waals surface area contributed by atoms with Crippen LogP contribution in [-0.4, -0.2) is 60.9 Å². The number of aromatic nitrogens is 1. The van der Waals surface area contributed by atoms with Gasteiger partial charge in [0.1, 0.15) is 5.82 Å². The first-order valence-corrected chi connectivity index (χ1v) is 12.8. The van der Waals surface area contributed by atoms with Gasteiger partial charge < -0.3 is 4.74 Å². The van der Waals surface area contributed by atoms with Gasteiger partial charge in [0.25, 0.3) is 0 Å². The zero-order chi connectivity index (χ0) is 22.3. The van der Waals surface area contributed by atoms with Crippen LogP contribution in [0.25, 0.3) is 10.2 Å². The molecule has 5 nitrogen and oxygen atoms in total. The molecule has 1 aromatic heterocycles. The molecule has 0 aliphatic carbocycles. The molecule has 0 radical (unpaired) electrons. The van der Waals surface area contributed by atoms with E-state index in [2.05, 4.69) is 30.0 Å². The molecule has 1 fully saturated rings. The Morgan fingerprint density at radius 1 is 1.22 bits per heavy atom. The van der Waals surface area contributed by atoms with Crippen LogP contribution in [0.4, 0.5) is 9.52 Å². The molecular weight excluding hydrogens is 445 g/mol. The van der Waals surface area contributed by atoms with E-state index in [0.29, 0.717) is 18.7 Å². The summed E-state index contributed by atoms with van der Waals surface area (Å²) in [4.78, 5) is 23.3. The van der Waals surface area contributed by atoms with Gasteiger partial charge in [-0.1, -0.05) is 30.4 Å². The van der Waals surface area contributed by atoms with Crippen LogP contribution in [0.3, 0.4) is 0 Å². The molecule has 8 heteroatoms. The number of hydrogen-bond donors (Lipinski definition) is 0. The molecule has 2 aromatic carbocycles. The van der Waals surface area contributed by atoms with Crippen molar-refractivity contribution in [2.24, 2.45) is 0 Å². The lowest BCUT2D eigenvalue weighted by Crippen LogP contribution is -2.43. The van der Waals surface area contributed by atoms with Gasteiger partial charge in [0.2, 0.25) is 5.91 Å². The summed E-state index contributed by atoms with van der Waals surface area (Å²) < 4.78 is 19.7. The predicted octanol–water partition coefficient (Wildman–Crippen LogP) is 4.85. The number of halogens is 1. The molecule has 3 aromatic rings. The number of ether oxygens (including phenoxy) is 1. The summed E-state index contributed by atoms with van der Waals surface area (Å²) in [5.74, 6) is 0.468. The number of fused-ring (bicyclic) bond motifs is 1. The molecule has 0 unspecified atom stereocenters. The lowest BCUT2D eigenvalue weighted by molar-refractivity contribution is -0.118. The first-order chi connectivity index (χ1) is 15.6. The number of thiazole rings is 1. The first-order valence-electron chi connectivity index (χ1n) is 11.0. The summed E-state index contributed by atoms with van der Waals surface area (Å²) in [7, 11) is 0. The molecule has 2 heterocycles. The van der Waals surface area contributed by atoms with E-state index in [9.17, 15) is 9.18 Å². The molecule has 1 amide bonds. The number of nitrogens with zero attached hydrogens (tertiary/aromatic N) is 3. The van der Waals surface area contributed by atoms with E-state index in [1.54, 1.807) is 35.2 Å². The Hall–Kier alpha value is -2.00. The van der Waals surface area contributed by atoms with Crippen molar-refractivity contribution in [3.63, 3.8) is 0 Å². The molecule has 0 N–H and O–H groups in total. The van der Waals surface area contributed by atoms with E-state index in [1.807, 2.05) is 4.90 Å². The van der Waals surface area contributed by atoms with Crippen molar-refractivity contribution < 1.29 is 13.9 Å². The Bertz CT molecular complexity index is 1040. The number of carbonyl (C=O) groups excluding carboxylic acids is 1. The topological polar surface area (TPSA) is 45.7 Å². The van der Waals surface area contributed by atoms with Crippen LogP contribution >= 0.6 is 23.1 Å². The average molecular weight is 474 g/mol. The Labute approximate surface area is 196 Å². The molecule has 1 aliphatic rings. The number of benzene rings is 2. The number of hydrogen-bond acceptors (Lipinski definition) is 6. The van der Waals surface area contributed by atoms with Crippen LogP contribution in [0.5, 0.6) is 0 Å². The maximum Gasteiger partial charge on any atom is 0.229 e. The summed E-state index contributed by atoms with van der Waals surface area (Å²) >= 11 is 3.15. The number of anilines is 1. The molecule has 32 heavy (non-hydrogen) atoms. The number of aryl methyl sites for hydroxylation is 1. The third kappa shape index (κ3) is 5.86. The smallest absolute Gasteiger partial charge is 0.229 e. The summed E-state index contributed by atoms with van der Waals surface area (Å²) in [5, 5.41) is 0.769. The number of thioether (sulfide) groups is 1. The zero-order valence-corrected chi connectivity index (χ0v) is 19.9. The van der Waals surface area contributed by atoms with Crippen LogP contribution in [-0.2, 0) is 16.0 Å². The third-order valence-corrected chi connectivity index (χ3v) is 7.60. The first kappa shape index (κ1) is 23.2. The number of rotatable bonds is 9. The summed E-state index contributed by atoms with van der Waals surface area (Å²) in [6.45, 7) is 6.80. The highest BCUT2D eigenvalue weighted by atomic mass is 32.2. The van der Waals surface area contributed by atoms with Crippen molar-refractivity contribution >= 4 is 44.4 Å². The maximum atomic E-state index is 13.3. The minimum atomic E-state index is -0.248. The van der Waals surface area contributed by atoms with Crippen molar-refractivity contribution in [1.82, 2.24) is 9.88 Å². The van der Waals surface area contributed by atoms with Gasteiger partial charge in [-0.3, -0.25) is 14.6 Å².